The van der Waals surface area contributed by atoms with Crippen LogP contribution in [0.4, 0.5) is 0 Å². The molecular weight excluding hydrogens is 264 g/mol. The fourth-order valence-electron chi connectivity index (χ4n) is 1.59. The van der Waals surface area contributed by atoms with E-state index in [0.29, 0.717) is 4.88 Å². The molecule has 0 fully saturated rings. The number of rotatable bonds is 6. The van der Waals surface area contributed by atoms with E-state index >= 15 is 0 Å². The fourth-order valence-corrected chi connectivity index (χ4v) is 2.47. The molecule has 0 radical (unpaired) electrons. The molecule has 1 amide bonds. The maximum absolute atomic E-state index is 12.3. The molecule has 1 heterocycles. The SMILES string of the molecule is CCC(C)N(CC(=O)O)C(=O)c1cnc(C(C)C)s1. The molecule has 0 aromatic carbocycles. The number of carboxylic acid groups (broad SMARTS) is 1. The van der Waals surface area contributed by atoms with E-state index in [0.717, 1.165) is 11.4 Å². The Hall–Kier alpha value is -1.43. The maximum Gasteiger partial charge on any atom is 0.323 e. The lowest BCUT2D eigenvalue weighted by Crippen LogP contribution is -2.41. The Morgan fingerprint density at radius 1 is 1.42 bits per heavy atom. The van der Waals surface area contributed by atoms with Crippen molar-refractivity contribution in [3.63, 3.8) is 0 Å². The van der Waals surface area contributed by atoms with Gasteiger partial charge in [0.25, 0.3) is 5.91 Å². The summed E-state index contributed by atoms with van der Waals surface area (Å²) in [5.74, 6) is -0.980. The number of hydrogen-bond acceptors (Lipinski definition) is 4. The first kappa shape index (κ1) is 15.6. The molecule has 1 aromatic heterocycles. The van der Waals surface area contributed by atoms with Gasteiger partial charge in [0.15, 0.2) is 0 Å². The van der Waals surface area contributed by atoms with Crippen LogP contribution in [-0.4, -0.2) is 39.5 Å². The van der Waals surface area contributed by atoms with Crippen LogP contribution in [0.2, 0.25) is 0 Å². The number of carboxylic acids is 1. The van der Waals surface area contributed by atoms with Gasteiger partial charge in [0.2, 0.25) is 0 Å². The molecule has 0 aliphatic carbocycles. The van der Waals surface area contributed by atoms with E-state index in [1.807, 2.05) is 27.7 Å². The summed E-state index contributed by atoms with van der Waals surface area (Å²) in [6.07, 6.45) is 2.26. The molecule has 1 rings (SSSR count). The number of aliphatic carboxylic acids is 1. The number of thiazole rings is 1. The molecule has 0 spiro atoms. The quantitative estimate of drug-likeness (QED) is 0.871. The maximum atomic E-state index is 12.3. The van der Waals surface area contributed by atoms with Crippen molar-refractivity contribution in [2.75, 3.05) is 6.54 Å². The predicted molar refractivity (Wildman–Crippen MR) is 74.6 cm³/mol. The summed E-state index contributed by atoms with van der Waals surface area (Å²) in [6.45, 7) is 7.53. The zero-order valence-electron chi connectivity index (χ0n) is 11.7. The van der Waals surface area contributed by atoms with Gasteiger partial charge in [0, 0.05) is 12.0 Å². The molecule has 0 bridgehead atoms. The first-order chi connectivity index (χ1) is 8.86. The van der Waals surface area contributed by atoms with Crippen LogP contribution in [0, 0.1) is 0 Å². The standard InChI is InChI=1S/C13H20N2O3S/c1-5-9(4)15(7-11(16)17)13(18)10-6-14-12(19-10)8(2)3/h6,8-9H,5,7H2,1-4H3,(H,16,17). The van der Waals surface area contributed by atoms with Crippen molar-refractivity contribution in [2.45, 2.75) is 46.1 Å². The summed E-state index contributed by atoms with van der Waals surface area (Å²) in [7, 11) is 0. The molecule has 0 saturated carbocycles. The van der Waals surface area contributed by atoms with Crippen LogP contribution in [-0.2, 0) is 4.79 Å². The van der Waals surface area contributed by atoms with Crippen LogP contribution in [0.1, 0.15) is 54.7 Å². The van der Waals surface area contributed by atoms with Gasteiger partial charge in [-0.2, -0.15) is 0 Å². The average Bonchev–Trinajstić information content (AvgIpc) is 2.83. The van der Waals surface area contributed by atoms with E-state index < -0.39 is 5.97 Å². The molecule has 106 valence electrons. The topological polar surface area (TPSA) is 70.5 Å². The highest BCUT2D eigenvalue weighted by Gasteiger charge is 2.24. The van der Waals surface area contributed by atoms with Gasteiger partial charge in [-0.1, -0.05) is 20.8 Å². The van der Waals surface area contributed by atoms with E-state index in [1.165, 1.54) is 16.2 Å². The number of nitrogens with zero attached hydrogens (tertiary/aromatic N) is 2. The number of aromatic nitrogens is 1. The molecule has 0 saturated heterocycles. The second-order valence-electron chi connectivity index (χ2n) is 4.80. The molecule has 5 nitrogen and oxygen atoms in total. The summed E-state index contributed by atoms with van der Waals surface area (Å²) in [5, 5.41) is 9.80. The highest BCUT2D eigenvalue weighted by molar-refractivity contribution is 7.13. The van der Waals surface area contributed by atoms with E-state index in [-0.39, 0.29) is 24.4 Å². The van der Waals surface area contributed by atoms with E-state index in [9.17, 15) is 9.59 Å². The van der Waals surface area contributed by atoms with E-state index in [1.54, 1.807) is 6.20 Å². The largest absolute Gasteiger partial charge is 0.480 e. The minimum Gasteiger partial charge on any atom is -0.480 e. The van der Waals surface area contributed by atoms with Crippen molar-refractivity contribution < 1.29 is 14.7 Å². The summed E-state index contributed by atoms with van der Waals surface area (Å²) < 4.78 is 0. The smallest absolute Gasteiger partial charge is 0.323 e. The number of carbonyl (C=O) groups excluding carboxylic acids is 1. The van der Waals surface area contributed by atoms with Crippen LogP contribution in [0.15, 0.2) is 6.20 Å². The second-order valence-corrected chi connectivity index (χ2v) is 5.86. The summed E-state index contributed by atoms with van der Waals surface area (Å²) in [6, 6.07) is -0.104. The first-order valence-electron chi connectivity index (χ1n) is 6.35. The lowest BCUT2D eigenvalue weighted by atomic mass is 10.2. The van der Waals surface area contributed by atoms with Crippen LogP contribution in [0.3, 0.4) is 0 Å². The van der Waals surface area contributed by atoms with Crippen LogP contribution < -0.4 is 0 Å². The third kappa shape index (κ3) is 4.02. The average molecular weight is 284 g/mol. The van der Waals surface area contributed by atoms with Gasteiger partial charge in [0.05, 0.1) is 11.2 Å². The van der Waals surface area contributed by atoms with E-state index in [4.69, 9.17) is 5.11 Å². The van der Waals surface area contributed by atoms with Crippen molar-refractivity contribution in [3.8, 4) is 0 Å². The Balaban J connectivity index is 2.94. The van der Waals surface area contributed by atoms with Crippen LogP contribution in [0.25, 0.3) is 0 Å². The first-order valence-corrected chi connectivity index (χ1v) is 7.16. The molecule has 1 atom stereocenters. The zero-order chi connectivity index (χ0) is 14.6. The number of carbonyl (C=O) groups is 2. The van der Waals surface area contributed by atoms with E-state index in [2.05, 4.69) is 4.98 Å². The minimum absolute atomic E-state index is 0.104. The van der Waals surface area contributed by atoms with Crippen molar-refractivity contribution >= 4 is 23.2 Å². The highest BCUT2D eigenvalue weighted by Crippen LogP contribution is 2.23. The molecule has 1 unspecified atom stereocenters. The van der Waals surface area contributed by atoms with Gasteiger partial charge in [-0.15, -0.1) is 11.3 Å². The van der Waals surface area contributed by atoms with Crippen molar-refractivity contribution in [1.82, 2.24) is 9.88 Å². The van der Waals surface area contributed by atoms with Gasteiger partial charge < -0.3 is 10.0 Å². The van der Waals surface area contributed by atoms with Gasteiger partial charge in [0.1, 0.15) is 11.4 Å². The molecule has 0 aliphatic heterocycles. The van der Waals surface area contributed by atoms with Crippen molar-refractivity contribution in [2.24, 2.45) is 0 Å². The lowest BCUT2D eigenvalue weighted by molar-refractivity contribution is -0.138. The van der Waals surface area contributed by atoms with Crippen LogP contribution >= 0.6 is 11.3 Å². The summed E-state index contributed by atoms with van der Waals surface area (Å²) >= 11 is 1.34. The molecular formula is C13H20N2O3S. The zero-order valence-corrected chi connectivity index (χ0v) is 12.5. The normalized spacial score (nSPS) is 12.5. The summed E-state index contributed by atoms with van der Waals surface area (Å²) in [4.78, 5) is 29.3. The number of amides is 1. The van der Waals surface area contributed by atoms with Gasteiger partial charge in [-0.3, -0.25) is 9.59 Å². The Morgan fingerprint density at radius 2 is 2.05 bits per heavy atom. The molecule has 1 N–H and O–H groups in total. The lowest BCUT2D eigenvalue weighted by Gasteiger charge is -2.26. The Labute approximate surface area is 117 Å². The summed E-state index contributed by atoms with van der Waals surface area (Å²) in [5.41, 5.74) is 0. The Morgan fingerprint density at radius 3 is 2.47 bits per heavy atom. The third-order valence-corrected chi connectivity index (χ3v) is 4.20. The molecule has 6 heteroatoms. The predicted octanol–water partition coefficient (Wildman–Crippen LogP) is 2.59. The highest BCUT2D eigenvalue weighted by atomic mass is 32.1. The molecule has 0 aliphatic rings. The monoisotopic (exact) mass is 284 g/mol. The van der Waals surface area contributed by atoms with Crippen molar-refractivity contribution in [3.05, 3.63) is 16.1 Å². The van der Waals surface area contributed by atoms with Gasteiger partial charge >= 0.3 is 5.97 Å². The van der Waals surface area contributed by atoms with Crippen molar-refractivity contribution in [1.29, 1.82) is 0 Å². The Kier molecular flexibility index (Phi) is 5.47. The number of hydrogen-bond donors (Lipinski definition) is 1. The van der Waals surface area contributed by atoms with Crippen LogP contribution in [0.5, 0.6) is 0 Å². The second kappa shape index (κ2) is 6.65. The molecule has 19 heavy (non-hydrogen) atoms. The van der Waals surface area contributed by atoms with Gasteiger partial charge in [-0.05, 0) is 13.3 Å². The minimum atomic E-state index is -0.998. The fraction of sp³-hybridized carbons (Fsp3) is 0.615. The Bertz CT molecular complexity index is 456. The van der Waals surface area contributed by atoms with Gasteiger partial charge in [-0.25, -0.2) is 4.98 Å². The molecule has 1 aromatic rings. The third-order valence-electron chi connectivity index (χ3n) is 2.92.